The van der Waals surface area contributed by atoms with E-state index in [2.05, 4.69) is 45.2 Å². The van der Waals surface area contributed by atoms with Gasteiger partial charge in [-0.25, -0.2) is 13.2 Å². The third-order valence-corrected chi connectivity index (χ3v) is 13.7. The Bertz CT molecular complexity index is 1680. The number of fused-ring (bicyclic) bond motifs is 1. The van der Waals surface area contributed by atoms with Crippen LogP contribution >= 0.6 is 45.2 Å². The maximum absolute atomic E-state index is 13.8. The molecule has 9 rings (SSSR count). The van der Waals surface area contributed by atoms with E-state index in [4.69, 9.17) is 14.2 Å². The first-order chi connectivity index (χ1) is 21.0. The zero-order chi connectivity index (χ0) is 30.7. The summed E-state index contributed by atoms with van der Waals surface area (Å²) in [5.41, 5.74) is 0.853. The molecule has 7 aliphatic rings. The van der Waals surface area contributed by atoms with Crippen molar-refractivity contribution in [3.63, 3.8) is 0 Å². The van der Waals surface area contributed by atoms with Gasteiger partial charge in [-0.3, -0.25) is 9.59 Å². The molecule has 2 aromatic carbocycles. The molecular weight excluding hydrogens is 814 g/mol. The average Bonchev–Trinajstić information content (AvgIpc) is 3.56. The number of benzene rings is 2. The Kier molecular flexibility index (Phi) is 7.15. The molecule has 0 aromatic heterocycles. The number of hydrogen-bond donors (Lipinski definition) is 0. The van der Waals surface area contributed by atoms with E-state index >= 15 is 0 Å². The van der Waals surface area contributed by atoms with Gasteiger partial charge in [-0.15, -0.1) is 0 Å². The Hall–Kier alpha value is -1.78. The Morgan fingerprint density at radius 1 is 0.886 bits per heavy atom. The number of esters is 3. The summed E-state index contributed by atoms with van der Waals surface area (Å²) in [6, 6.07) is 9.55. The van der Waals surface area contributed by atoms with Gasteiger partial charge in [0.2, 0.25) is 0 Å². The van der Waals surface area contributed by atoms with Gasteiger partial charge in [0.25, 0.3) is 0 Å². The minimum absolute atomic E-state index is 0.0684. The van der Waals surface area contributed by atoms with Gasteiger partial charge in [0.1, 0.15) is 28.1 Å². The molecule has 2 aromatic rings. The van der Waals surface area contributed by atoms with Crippen LogP contribution in [0.15, 0.2) is 41.3 Å². The molecule has 6 saturated carbocycles. The lowest BCUT2D eigenvalue weighted by Gasteiger charge is -2.55. The van der Waals surface area contributed by atoms with Gasteiger partial charge < -0.3 is 18.8 Å². The number of ether oxygens (including phenoxy) is 3. The normalized spacial score (nSPS) is 37.7. The molecule has 7 fully saturated rings. The summed E-state index contributed by atoms with van der Waals surface area (Å²) in [4.78, 5) is 39.7. The van der Waals surface area contributed by atoms with Crippen molar-refractivity contribution >= 4 is 73.2 Å². The van der Waals surface area contributed by atoms with Crippen molar-refractivity contribution in [3.8, 4) is 5.75 Å². The van der Waals surface area contributed by atoms with E-state index in [0.29, 0.717) is 41.2 Å². The van der Waals surface area contributed by atoms with Crippen LogP contribution in [0.3, 0.4) is 0 Å². The first-order valence-corrected chi connectivity index (χ1v) is 18.7. The Morgan fingerprint density at radius 3 is 2.25 bits per heavy atom. The number of carbonyl (C=O) groups is 3. The van der Waals surface area contributed by atoms with Gasteiger partial charge in [0, 0.05) is 19.0 Å². The van der Waals surface area contributed by atoms with E-state index in [0.717, 1.165) is 32.8 Å². The van der Waals surface area contributed by atoms with E-state index < -0.39 is 58.0 Å². The molecule has 6 unspecified atom stereocenters. The lowest BCUT2D eigenvalue weighted by Crippen LogP contribution is -2.44. The fraction of sp³-hybridized carbons (Fsp3) is 0.531. The molecule has 12 heteroatoms. The van der Waals surface area contributed by atoms with Crippen LogP contribution < -0.4 is 4.74 Å². The second kappa shape index (κ2) is 10.6. The lowest BCUT2D eigenvalue weighted by atomic mass is 9.51. The van der Waals surface area contributed by atoms with Gasteiger partial charge in [0.05, 0.1) is 22.3 Å². The fourth-order valence-corrected chi connectivity index (χ4v) is 12.5. The zero-order valence-electron chi connectivity index (χ0n) is 23.4. The van der Waals surface area contributed by atoms with Gasteiger partial charge >= 0.3 is 17.9 Å². The minimum Gasteiger partial charge on any atom is -0.744 e. The van der Waals surface area contributed by atoms with Gasteiger partial charge in [0.15, 0.2) is 0 Å². The average molecular weight is 843 g/mol. The first kappa shape index (κ1) is 29.6. The molecule has 0 N–H and O–H groups in total. The molecule has 0 spiro atoms. The first-order valence-electron chi connectivity index (χ1n) is 15.1. The summed E-state index contributed by atoms with van der Waals surface area (Å²) >= 11 is 4.24. The molecule has 0 radical (unpaired) electrons. The van der Waals surface area contributed by atoms with Crippen LogP contribution in [0.25, 0.3) is 0 Å². The quantitative estimate of drug-likeness (QED) is 0.165. The van der Waals surface area contributed by atoms with Crippen molar-refractivity contribution in [1.82, 2.24) is 0 Å². The highest BCUT2D eigenvalue weighted by Crippen LogP contribution is 2.61. The van der Waals surface area contributed by atoms with Gasteiger partial charge in [-0.05, 0) is 155 Å². The molecule has 1 saturated heterocycles. The fourth-order valence-electron chi connectivity index (χ4n) is 10.0. The molecule has 6 bridgehead atoms. The molecule has 232 valence electrons. The highest BCUT2D eigenvalue weighted by Gasteiger charge is 2.70. The van der Waals surface area contributed by atoms with Crippen molar-refractivity contribution in [2.24, 2.45) is 47.3 Å². The summed E-state index contributed by atoms with van der Waals surface area (Å²) in [5, 5.41) is 0. The van der Waals surface area contributed by atoms with Crippen molar-refractivity contribution in [2.45, 2.75) is 61.5 Å². The summed E-state index contributed by atoms with van der Waals surface area (Å²) in [7, 11) is -4.75. The van der Waals surface area contributed by atoms with Crippen LogP contribution in [0.2, 0.25) is 0 Å². The molecule has 1 heterocycles. The molecule has 0 amide bonds. The maximum atomic E-state index is 13.8. The number of hydrogen-bond acceptors (Lipinski definition) is 9. The molecule has 6 aliphatic carbocycles. The monoisotopic (exact) mass is 843 g/mol. The lowest BCUT2D eigenvalue weighted by molar-refractivity contribution is -0.149. The van der Waals surface area contributed by atoms with E-state index in [1.54, 1.807) is 12.1 Å². The van der Waals surface area contributed by atoms with Gasteiger partial charge in [-0.1, -0.05) is 0 Å². The van der Waals surface area contributed by atoms with Crippen molar-refractivity contribution in [3.05, 3.63) is 54.7 Å². The Balaban J connectivity index is 1.07. The van der Waals surface area contributed by atoms with Crippen LogP contribution in [0.5, 0.6) is 5.75 Å². The van der Waals surface area contributed by atoms with Crippen LogP contribution in [0, 0.1) is 54.5 Å². The number of rotatable bonds is 6. The van der Waals surface area contributed by atoms with Crippen LogP contribution in [0.4, 0.5) is 0 Å². The summed E-state index contributed by atoms with van der Waals surface area (Å²) in [6.07, 6.45) is 4.45. The van der Waals surface area contributed by atoms with Crippen LogP contribution in [-0.4, -0.2) is 43.1 Å². The van der Waals surface area contributed by atoms with E-state index in [1.807, 2.05) is 12.1 Å². The zero-order valence-corrected chi connectivity index (χ0v) is 28.5. The van der Waals surface area contributed by atoms with Crippen LogP contribution in [-0.2, 0) is 29.2 Å². The topological polar surface area (TPSA) is 136 Å². The Labute approximate surface area is 282 Å². The minimum atomic E-state index is -4.75. The molecule has 1 aliphatic heterocycles. The molecular formula is C32H29I2O9S-. The van der Waals surface area contributed by atoms with Crippen molar-refractivity contribution in [2.75, 3.05) is 0 Å². The SMILES string of the molecule is O=C(OC1C2CC3C1OC(=O)C3C2C(=O)Oc1ccc(S(=O)(=O)[O-])c(C2C3CC4CC(C3)CC2C4)c1)c1ccc(I)cc1I. The third-order valence-electron chi connectivity index (χ3n) is 11.3. The predicted molar refractivity (Wildman–Crippen MR) is 169 cm³/mol. The van der Waals surface area contributed by atoms with E-state index in [-0.39, 0.29) is 22.5 Å². The maximum Gasteiger partial charge on any atom is 0.339 e. The van der Waals surface area contributed by atoms with Crippen LogP contribution in [0.1, 0.15) is 60.4 Å². The number of halogens is 2. The van der Waals surface area contributed by atoms with E-state index in [9.17, 15) is 27.4 Å². The Morgan fingerprint density at radius 2 is 1.59 bits per heavy atom. The van der Waals surface area contributed by atoms with Gasteiger partial charge in [-0.2, -0.15) is 0 Å². The van der Waals surface area contributed by atoms with Crippen molar-refractivity contribution < 1.29 is 41.6 Å². The second-order valence-corrected chi connectivity index (χ2v) is 17.3. The highest BCUT2D eigenvalue weighted by atomic mass is 127. The molecule has 9 nitrogen and oxygen atoms in total. The number of carbonyl (C=O) groups excluding carboxylic acids is 3. The summed E-state index contributed by atoms with van der Waals surface area (Å²) in [6.45, 7) is 0. The van der Waals surface area contributed by atoms with E-state index in [1.165, 1.54) is 18.6 Å². The summed E-state index contributed by atoms with van der Waals surface area (Å²) < 4.78 is 56.2. The standard InChI is InChI=1S/C32H30I2O9S/c33-17-1-3-19(23(34)10-17)30(35)42-28-21-12-22-27(32(37)43-29(22)28)26(21)31(36)41-18-2-4-24(44(38,39)40)20(11-18)25-15-6-13-5-14(8-15)9-16(25)7-13/h1-4,10-11,13-16,21-22,25-29H,5-9,12H2,(H,38,39,40)/p-1. The highest BCUT2D eigenvalue weighted by molar-refractivity contribution is 14.1. The molecule has 44 heavy (non-hydrogen) atoms. The summed E-state index contributed by atoms with van der Waals surface area (Å²) in [5.74, 6) is -1.92. The van der Waals surface area contributed by atoms with Crippen molar-refractivity contribution in [1.29, 1.82) is 0 Å². The smallest absolute Gasteiger partial charge is 0.339 e. The third kappa shape index (κ3) is 4.74. The second-order valence-electron chi connectivity index (χ2n) is 13.5. The largest absolute Gasteiger partial charge is 0.744 e. The predicted octanol–water partition coefficient (Wildman–Crippen LogP) is 5.28. The molecule has 6 atom stereocenters.